The Morgan fingerprint density at radius 1 is 1.06 bits per heavy atom. The van der Waals surface area contributed by atoms with Gasteiger partial charge >= 0.3 is 0 Å². The highest BCUT2D eigenvalue weighted by Gasteiger charge is 2.11. The maximum atomic E-state index is 11.9. The minimum atomic E-state index is -0.543. The number of nitrogens with zero attached hydrogens (tertiary/aromatic N) is 4. The molecule has 0 radical (unpaired) electrons. The van der Waals surface area contributed by atoms with Gasteiger partial charge in [-0.05, 0) is 64.6 Å². The van der Waals surface area contributed by atoms with Gasteiger partial charge in [-0.15, -0.1) is 0 Å². The zero-order chi connectivity index (χ0) is 23.3. The second-order valence-electron chi connectivity index (χ2n) is 6.54. The molecular weight excluding hydrogens is 543 g/mol. The van der Waals surface area contributed by atoms with E-state index in [1.165, 1.54) is 6.21 Å². The van der Waals surface area contributed by atoms with Crippen LogP contribution in [0.25, 0.3) is 0 Å². The summed E-state index contributed by atoms with van der Waals surface area (Å²) in [6.07, 6.45) is 1.84. The third-order valence-electron chi connectivity index (χ3n) is 4.15. The molecule has 32 heavy (non-hydrogen) atoms. The van der Waals surface area contributed by atoms with E-state index in [0.717, 1.165) is 14.8 Å². The smallest absolute Gasteiger partial charge is 0.249 e. The highest BCUT2D eigenvalue weighted by Crippen LogP contribution is 2.24. The molecule has 2 rings (SSSR count). The number of amides is 2. The molecular formula is C22H20ClIN6O2. The van der Waals surface area contributed by atoms with E-state index in [1.807, 2.05) is 23.1 Å². The van der Waals surface area contributed by atoms with E-state index in [2.05, 4.69) is 50.6 Å². The minimum Gasteiger partial charge on any atom is -0.369 e. The number of rotatable bonds is 10. The summed E-state index contributed by atoms with van der Waals surface area (Å²) >= 11 is 7.98. The number of nitriles is 2. The van der Waals surface area contributed by atoms with Crippen LogP contribution in [0.1, 0.15) is 24.8 Å². The van der Waals surface area contributed by atoms with E-state index >= 15 is 0 Å². The van der Waals surface area contributed by atoms with Crippen LogP contribution in [0.5, 0.6) is 0 Å². The number of nitrogens with one attached hydrogen (secondary N) is 2. The van der Waals surface area contributed by atoms with Crippen LogP contribution in [-0.2, 0) is 9.59 Å². The monoisotopic (exact) mass is 562 g/mol. The van der Waals surface area contributed by atoms with Crippen LogP contribution in [0, 0.1) is 26.2 Å². The van der Waals surface area contributed by atoms with E-state index in [9.17, 15) is 9.59 Å². The molecule has 2 amide bonds. The van der Waals surface area contributed by atoms with Crippen molar-refractivity contribution >= 4 is 63.6 Å². The molecule has 0 fully saturated rings. The second kappa shape index (κ2) is 13.3. The molecule has 2 aromatic rings. The second-order valence-corrected chi connectivity index (χ2v) is 8.14. The quantitative estimate of drug-likeness (QED) is 0.196. The van der Waals surface area contributed by atoms with Crippen molar-refractivity contribution < 1.29 is 9.59 Å². The number of anilines is 2. The Morgan fingerprint density at radius 3 is 2.31 bits per heavy atom. The van der Waals surface area contributed by atoms with Crippen molar-refractivity contribution in [1.82, 2.24) is 5.43 Å². The van der Waals surface area contributed by atoms with E-state index in [0.29, 0.717) is 36.6 Å². The first-order chi connectivity index (χ1) is 15.4. The van der Waals surface area contributed by atoms with Gasteiger partial charge in [0.1, 0.15) is 6.42 Å². The van der Waals surface area contributed by atoms with E-state index in [4.69, 9.17) is 22.1 Å². The molecule has 0 heterocycles. The van der Waals surface area contributed by atoms with Crippen LogP contribution >= 0.6 is 34.2 Å². The third-order valence-corrected chi connectivity index (χ3v) is 5.27. The molecule has 2 N–H and O–H groups in total. The first-order valence-electron chi connectivity index (χ1n) is 9.58. The van der Waals surface area contributed by atoms with E-state index in [-0.39, 0.29) is 6.42 Å². The topological polar surface area (TPSA) is 121 Å². The summed E-state index contributed by atoms with van der Waals surface area (Å²) in [6.45, 7) is 1.07. The first-order valence-corrected chi connectivity index (χ1v) is 11.0. The van der Waals surface area contributed by atoms with Crippen LogP contribution < -0.4 is 15.6 Å². The van der Waals surface area contributed by atoms with Crippen LogP contribution in [-0.4, -0.2) is 31.1 Å². The molecule has 0 spiro atoms. The lowest BCUT2D eigenvalue weighted by atomic mass is 10.2. The Hall–Kier alpha value is -3.15. The van der Waals surface area contributed by atoms with Crippen molar-refractivity contribution in [1.29, 1.82) is 10.5 Å². The summed E-state index contributed by atoms with van der Waals surface area (Å²) in [5.41, 5.74) is 4.56. The predicted molar refractivity (Wildman–Crippen MR) is 132 cm³/mol. The van der Waals surface area contributed by atoms with Gasteiger partial charge in [0.15, 0.2) is 0 Å². The first kappa shape index (κ1) is 25.1. The Labute approximate surface area is 205 Å². The number of carbonyl (C=O) groups excluding carboxylic acids is 2. The van der Waals surface area contributed by atoms with Crippen LogP contribution in [0.3, 0.4) is 0 Å². The zero-order valence-electron chi connectivity index (χ0n) is 17.0. The summed E-state index contributed by atoms with van der Waals surface area (Å²) in [5.74, 6) is -1.01. The molecule has 0 saturated heterocycles. The summed E-state index contributed by atoms with van der Waals surface area (Å²) in [6, 6.07) is 16.4. The number of halogens is 2. The fourth-order valence-corrected chi connectivity index (χ4v) is 3.69. The van der Waals surface area contributed by atoms with Crippen LogP contribution in [0.4, 0.5) is 11.4 Å². The maximum Gasteiger partial charge on any atom is 0.249 e. The molecule has 0 aliphatic rings. The molecule has 164 valence electrons. The van der Waals surface area contributed by atoms with Crippen molar-refractivity contribution in [3.8, 4) is 12.1 Å². The SMILES string of the molecule is N#CCCN(CCC#N)c1ccc(C=NNC(=O)CC(=O)Nc2ccc(Cl)cc2)cc1I. The van der Waals surface area contributed by atoms with Gasteiger partial charge in [0.25, 0.3) is 0 Å². The third kappa shape index (κ3) is 8.53. The molecule has 0 saturated carbocycles. The van der Waals surface area contributed by atoms with Crippen LogP contribution in [0.2, 0.25) is 5.02 Å². The normalized spacial score (nSPS) is 10.2. The Morgan fingerprint density at radius 2 is 1.72 bits per heavy atom. The van der Waals surface area contributed by atoms with Gasteiger partial charge in [-0.2, -0.15) is 15.6 Å². The van der Waals surface area contributed by atoms with Gasteiger partial charge in [-0.3, -0.25) is 9.59 Å². The lowest BCUT2D eigenvalue weighted by molar-refractivity contribution is -0.126. The summed E-state index contributed by atoms with van der Waals surface area (Å²) in [7, 11) is 0. The fourth-order valence-electron chi connectivity index (χ4n) is 2.69. The lowest BCUT2D eigenvalue weighted by Crippen LogP contribution is -2.26. The van der Waals surface area contributed by atoms with E-state index in [1.54, 1.807) is 24.3 Å². The molecule has 0 atom stereocenters. The van der Waals surface area contributed by atoms with Gasteiger partial charge in [-0.25, -0.2) is 5.43 Å². The average molecular weight is 563 g/mol. The summed E-state index contributed by atoms with van der Waals surface area (Å²) < 4.78 is 0.927. The van der Waals surface area contributed by atoms with Crippen molar-refractivity contribution in [2.45, 2.75) is 19.3 Å². The Kier molecular flexibility index (Phi) is 10.4. The molecule has 0 aromatic heterocycles. The molecule has 8 nitrogen and oxygen atoms in total. The number of hydrogen-bond acceptors (Lipinski definition) is 6. The van der Waals surface area contributed by atoms with Crippen molar-refractivity contribution in [3.63, 3.8) is 0 Å². The molecule has 0 aliphatic carbocycles. The predicted octanol–water partition coefficient (Wildman–Crippen LogP) is 4.06. The number of hydrazone groups is 1. The van der Waals surface area contributed by atoms with Crippen molar-refractivity contribution in [3.05, 3.63) is 56.6 Å². The molecule has 2 aromatic carbocycles. The van der Waals surface area contributed by atoms with E-state index < -0.39 is 11.8 Å². The van der Waals surface area contributed by atoms with Crippen molar-refractivity contribution in [2.24, 2.45) is 5.10 Å². The van der Waals surface area contributed by atoms with Gasteiger partial charge in [0.05, 0.1) is 36.9 Å². The number of carbonyl (C=O) groups is 2. The minimum absolute atomic E-state index is 0.363. The highest BCUT2D eigenvalue weighted by atomic mass is 127. The van der Waals surface area contributed by atoms with Crippen LogP contribution in [0.15, 0.2) is 47.6 Å². The number of benzene rings is 2. The fraction of sp³-hybridized carbons (Fsp3) is 0.227. The summed E-state index contributed by atoms with van der Waals surface area (Å²) in [4.78, 5) is 25.9. The number of hydrogen-bond donors (Lipinski definition) is 2. The zero-order valence-corrected chi connectivity index (χ0v) is 19.9. The van der Waals surface area contributed by atoms with Gasteiger partial charge in [0, 0.05) is 27.4 Å². The highest BCUT2D eigenvalue weighted by molar-refractivity contribution is 14.1. The van der Waals surface area contributed by atoms with Gasteiger partial charge in [-0.1, -0.05) is 17.7 Å². The lowest BCUT2D eigenvalue weighted by Gasteiger charge is -2.24. The Bertz CT molecular complexity index is 1040. The molecule has 0 aliphatic heterocycles. The van der Waals surface area contributed by atoms with Crippen molar-refractivity contribution in [2.75, 3.05) is 23.3 Å². The molecule has 0 unspecified atom stereocenters. The largest absolute Gasteiger partial charge is 0.369 e. The molecule has 10 heteroatoms. The maximum absolute atomic E-state index is 11.9. The van der Waals surface area contributed by atoms with Gasteiger partial charge in [0.2, 0.25) is 11.8 Å². The average Bonchev–Trinajstić information content (AvgIpc) is 2.76. The Balaban J connectivity index is 1.90. The van der Waals surface area contributed by atoms with Gasteiger partial charge < -0.3 is 10.2 Å². The standard InChI is InChI=1S/C22H20ClIN6O2/c23-17-4-6-18(7-5-17)28-21(31)14-22(32)29-27-15-16-3-8-20(19(24)13-16)30(11-1-9-25)12-2-10-26/h3-8,13,15H,1-2,11-12,14H2,(H,28,31)(H,29,32). The summed E-state index contributed by atoms with van der Waals surface area (Å²) in [5, 5.41) is 24.8. The molecule has 0 bridgehead atoms.